The summed E-state index contributed by atoms with van der Waals surface area (Å²) in [6.45, 7) is 2.61. The molecule has 0 aliphatic heterocycles. The average Bonchev–Trinajstić information content (AvgIpc) is 3.21. The lowest BCUT2D eigenvalue weighted by molar-refractivity contribution is 0.0937. The number of benzene rings is 3. The fourth-order valence-corrected chi connectivity index (χ4v) is 4.29. The van der Waals surface area contributed by atoms with Gasteiger partial charge in [0.2, 0.25) is 0 Å². The second-order valence-corrected chi connectivity index (χ2v) is 8.95. The van der Waals surface area contributed by atoms with E-state index in [1.165, 1.54) is 12.1 Å². The maximum atomic E-state index is 13.4. The minimum Gasteiger partial charge on any atom is -0.344 e. The monoisotopic (exact) mass is 458 g/mol. The van der Waals surface area contributed by atoms with Gasteiger partial charge in [-0.25, -0.2) is 4.39 Å². The predicted octanol–water partition coefficient (Wildman–Crippen LogP) is 5.72. The second-order valence-electron chi connectivity index (χ2n) is 7.62. The van der Waals surface area contributed by atoms with E-state index in [4.69, 9.17) is 0 Å². The van der Waals surface area contributed by atoms with E-state index >= 15 is 0 Å². The smallest absolute Gasteiger partial charge is 0.251 e. The number of nitrogens with one attached hydrogen (secondary N) is 1. The van der Waals surface area contributed by atoms with Crippen molar-refractivity contribution in [2.24, 2.45) is 0 Å². The Hall–Kier alpha value is -3.63. The van der Waals surface area contributed by atoms with Gasteiger partial charge in [0.05, 0.1) is 30.6 Å². The summed E-state index contributed by atoms with van der Waals surface area (Å²) in [5, 5.41) is 17.4. The quantitative estimate of drug-likeness (QED) is 0.343. The van der Waals surface area contributed by atoms with Gasteiger partial charge in [0.15, 0.2) is 0 Å². The van der Waals surface area contributed by atoms with Crippen LogP contribution in [-0.2, 0) is 6.54 Å². The molecule has 3 aromatic carbocycles. The third kappa shape index (κ3) is 5.60. The van der Waals surface area contributed by atoms with Crippen molar-refractivity contribution in [2.45, 2.75) is 30.8 Å². The molecule has 0 radical (unpaired) electrons. The topological polar surface area (TPSA) is 70.7 Å². The molecule has 0 aliphatic rings. The maximum Gasteiger partial charge on any atom is 0.251 e. The first kappa shape index (κ1) is 22.6. The van der Waals surface area contributed by atoms with Crippen molar-refractivity contribution in [1.29, 1.82) is 5.26 Å². The number of nitriles is 1. The molecule has 7 heteroatoms. The molecule has 5 nitrogen and oxygen atoms in total. The van der Waals surface area contributed by atoms with Crippen LogP contribution in [-0.4, -0.2) is 21.4 Å². The van der Waals surface area contributed by atoms with Gasteiger partial charge in [-0.05, 0) is 59.3 Å². The number of thioether (sulfide) groups is 1. The predicted molar refractivity (Wildman–Crippen MR) is 129 cm³/mol. The van der Waals surface area contributed by atoms with Gasteiger partial charge in [-0.2, -0.15) is 10.4 Å². The highest BCUT2D eigenvalue weighted by atomic mass is 32.2. The number of hydrogen-bond donors (Lipinski definition) is 1. The normalized spacial score (nSPS) is 11.8. The van der Waals surface area contributed by atoms with E-state index in [9.17, 15) is 14.4 Å². The summed E-state index contributed by atoms with van der Waals surface area (Å²) in [6.07, 6.45) is 1.99. The molecule has 166 valence electrons. The minimum absolute atomic E-state index is 0.192. The summed E-state index contributed by atoms with van der Waals surface area (Å²) in [5.74, 6) is 0.473. The summed E-state index contributed by atoms with van der Waals surface area (Å²) in [4.78, 5) is 14.0. The Morgan fingerprint density at radius 2 is 1.91 bits per heavy atom. The fraction of sp³-hybridized carbons (Fsp3) is 0.192. The van der Waals surface area contributed by atoms with Crippen LogP contribution in [0.3, 0.4) is 0 Å². The lowest BCUT2D eigenvalue weighted by atomic mass is 10.0. The number of carbonyl (C=O) groups is 1. The minimum atomic E-state index is -0.375. The number of nitrogens with zero attached hydrogens (tertiary/aromatic N) is 3. The Labute approximate surface area is 196 Å². The zero-order valence-corrected chi connectivity index (χ0v) is 19.0. The lowest BCUT2D eigenvalue weighted by Gasteiger charge is -2.17. The van der Waals surface area contributed by atoms with Crippen molar-refractivity contribution < 1.29 is 9.18 Å². The highest BCUT2D eigenvalue weighted by molar-refractivity contribution is 7.99. The van der Waals surface area contributed by atoms with E-state index < -0.39 is 0 Å². The van der Waals surface area contributed by atoms with Crippen molar-refractivity contribution in [3.63, 3.8) is 0 Å². The summed E-state index contributed by atoms with van der Waals surface area (Å²) in [7, 11) is 0. The first-order valence-electron chi connectivity index (χ1n) is 10.7. The summed E-state index contributed by atoms with van der Waals surface area (Å²) in [5.41, 5.74) is 3.13. The summed E-state index contributed by atoms with van der Waals surface area (Å²) >= 11 is 1.75. The van der Waals surface area contributed by atoms with Crippen molar-refractivity contribution in [1.82, 2.24) is 15.1 Å². The van der Waals surface area contributed by atoms with Gasteiger partial charge in [0.25, 0.3) is 5.91 Å². The van der Waals surface area contributed by atoms with Gasteiger partial charge in [0, 0.05) is 22.0 Å². The molecule has 0 spiro atoms. The Bertz CT molecular complexity index is 1290. The Morgan fingerprint density at radius 3 is 2.61 bits per heavy atom. The van der Waals surface area contributed by atoms with Crippen LogP contribution < -0.4 is 5.32 Å². The first-order chi connectivity index (χ1) is 16.1. The zero-order chi connectivity index (χ0) is 23.2. The van der Waals surface area contributed by atoms with Gasteiger partial charge in [-0.15, -0.1) is 11.8 Å². The molecular formula is C26H23FN4OS. The molecule has 1 aromatic heterocycles. The molecular weight excluding hydrogens is 435 g/mol. The van der Waals surface area contributed by atoms with Crippen LogP contribution in [0, 0.1) is 17.1 Å². The van der Waals surface area contributed by atoms with Crippen LogP contribution in [0.5, 0.6) is 0 Å². The Kier molecular flexibility index (Phi) is 7.06. The largest absolute Gasteiger partial charge is 0.344 e. The van der Waals surface area contributed by atoms with E-state index in [0.717, 1.165) is 32.7 Å². The third-order valence-electron chi connectivity index (χ3n) is 5.27. The molecule has 1 N–H and O–H groups in total. The van der Waals surface area contributed by atoms with Crippen molar-refractivity contribution in [3.8, 4) is 6.07 Å². The molecule has 0 saturated carbocycles. The van der Waals surface area contributed by atoms with E-state index in [1.807, 2.05) is 36.4 Å². The van der Waals surface area contributed by atoms with E-state index in [-0.39, 0.29) is 24.2 Å². The van der Waals surface area contributed by atoms with E-state index in [2.05, 4.69) is 23.4 Å². The Balaban J connectivity index is 1.43. The third-order valence-corrected chi connectivity index (χ3v) is 6.16. The van der Waals surface area contributed by atoms with Crippen molar-refractivity contribution >= 4 is 28.6 Å². The number of carbonyl (C=O) groups excluding carboxylic acids is 1. The van der Waals surface area contributed by atoms with Crippen molar-refractivity contribution in [2.75, 3.05) is 5.75 Å². The molecule has 4 rings (SSSR count). The van der Waals surface area contributed by atoms with Crippen LogP contribution in [0.25, 0.3) is 10.9 Å². The maximum absolute atomic E-state index is 13.4. The molecule has 1 heterocycles. The van der Waals surface area contributed by atoms with E-state index in [1.54, 1.807) is 40.8 Å². The zero-order valence-electron chi connectivity index (χ0n) is 18.2. The number of fused-ring (bicyclic) bond motifs is 1. The standard InChI is InChI=1S/C26H23FN4OS/c1-2-33-23-10-7-19(8-11-23)24(13-14-28)29-26(32)20-5-3-18(4-6-20)16-31-17-21-15-22(27)9-12-25(21)30-31/h3-12,15,17,24H,2,13,16H2,1H3,(H,29,32)/t24-/m0/s1. The molecule has 0 saturated heterocycles. The molecule has 0 bridgehead atoms. The molecule has 4 aromatic rings. The summed E-state index contributed by atoms with van der Waals surface area (Å²) in [6, 6.07) is 21.5. The summed E-state index contributed by atoms with van der Waals surface area (Å²) < 4.78 is 15.1. The van der Waals surface area contributed by atoms with Crippen LogP contribution in [0.15, 0.2) is 77.8 Å². The number of halogens is 1. The molecule has 0 fully saturated rings. The molecule has 0 unspecified atom stereocenters. The highest BCUT2D eigenvalue weighted by Crippen LogP contribution is 2.23. The highest BCUT2D eigenvalue weighted by Gasteiger charge is 2.16. The SMILES string of the molecule is CCSc1ccc([C@H](CC#N)NC(=O)c2ccc(Cn3cc4cc(F)ccc4n3)cc2)cc1. The molecule has 33 heavy (non-hydrogen) atoms. The second kappa shape index (κ2) is 10.3. The number of aromatic nitrogens is 2. The molecule has 1 amide bonds. The Morgan fingerprint density at radius 1 is 1.15 bits per heavy atom. The van der Waals surface area contributed by atoms with Crippen molar-refractivity contribution in [3.05, 3.63) is 95.4 Å². The van der Waals surface area contributed by atoms with Crippen LogP contribution in [0.4, 0.5) is 4.39 Å². The average molecular weight is 459 g/mol. The lowest BCUT2D eigenvalue weighted by Crippen LogP contribution is -2.28. The first-order valence-corrected chi connectivity index (χ1v) is 11.7. The van der Waals surface area contributed by atoms with Gasteiger partial charge in [-0.1, -0.05) is 31.2 Å². The van der Waals surface area contributed by atoms with Gasteiger partial charge >= 0.3 is 0 Å². The van der Waals surface area contributed by atoms with Gasteiger partial charge in [-0.3, -0.25) is 9.48 Å². The number of rotatable bonds is 8. The number of hydrogen-bond acceptors (Lipinski definition) is 4. The van der Waals surface area contributed by atoms with Crippen LogP contribution >= 0.6 is 11.8 Å². The van der Waals surface area contributed by atoms with E-state index in [0.29, 0.717) is 12.1 Å². The van der Waals surface area contributed by atoms with Crippen LogP contribution in [0.2, 0.25) is 0 Å². The fourth-order valence-electron chi connectivity index (χ4n) is 3.63. The van der Waals surface area contributed by atoms with Crippen LogP contribution in [0.1, 0.15) is 40.9 Å². The number of amides is 1. The van der Waals surface area contributed by atoms with Gasteiger partial charge < -0.3 is 5.32 Å². The molecule has 1 atom stereocenters. The molecule has 0 aliphatic carbocycles. The van der Waals surface area contributed by atoms with Gasteiger partial charge in [0.1, 0.15) is 5.82 Å².